The average molecular weight is 417 g/mol. The number of piperidine rings is 1. The van der Waals surface area contributed by atoms with Crippen LogP contribution in [0.3, 0.4) is 0 Å². The first-order valence-corrected chi connectivity index (χ1v) is 10.3. The van der Waals surface area contributed by atoms with E-state index < -0.39 is 0 Å². The number of fused-ring (bicyclic) bond motifs is 2. The van der Waals surface area contributed by atoms with Crippen LogP contribution in [0.15, 0.2) is 35.4 Å². The summed E-state index contributed by atoms with van der Waals surface area (Å²) >= 11 is 0. The summed E-state index contributed by atoms with van der Waals surface area (Å²) in [6.07, 6.45) is 5.48. The highest BCUT2D eigenvalue weighted by molar-refractivity contribution is 5.77. The van der Waals surface area contributed by atoms with E-state index in [1.165, 1.54) is 4.68 Å². The number of pyridine rings is 1. The van der Waals surface area contributed by atoms with Gasteiger partial charge in [-0.15, -0.1) is 16.1 Å². The lowest BCUT2D eigenvalue weighted by Gasteiger charge is -2.31. The number of hydrogen-bond acceptors (Lipinski definition) is 7. The number of nitrogens with zero attached hydrogens (tertiary/aromatic N) is 8. The molecular formula is C21H23N9O. The Morgan fingerprint density at radius 1 is 1.29 bits per heavy atom. The summed E-state index contributed by atoms with van der Waals surface area (Å²) < 4.78 is 5.13. The van der Waals surface area contributed by atoms with Gasteiger partial charge < -0.3 is 10.6 Å². The standard InChI is InChI=1S/C21H23N9O/c1-2-3-10-29-19-16(24-21(29)27-9-6-7-15(22)13-27)12-23-30(20(19)31)14-18-26-25-17-8-4-5-11-28(17)18/h4-5,8,11-12,15H,6-7,9-10,13-14,22H2,1H3. The molecule has 31 heavy (non-hydrogen) atoms. The number of nitrogens with two attached hydrogens (primary N) is 1. The summed E-state index contributed by atoms with van der Waals surface area (Å²) in [5.74, 6) is 7.33. The predicted octanol–water partition coefficient (Wildman–Crippen LogP) is 0.635. The zero-order chi connectivity index (χ0) is 21.4. The summed E-state index contributed by atoms with van der Waals surface area (Å²) in [5.41, 5.74) is 7.71. The van der Waals surface area contributed by atoms with Gasteiger partial charge in [-0.3, -0.25) is 13.8 Å². The number of anilines is 1. The van der Waals surface area contributed by atoms with E-state index in [-0.39, 0.29) is 18.1 Å². The minimum atomic E-state index is -0.233. The molecule has 0 amide bonds. The fourth-order valence-electron chi connectivity index (χ4n) is 4.06. The Labute approximate surface area is 178 Å². The van der Waals surface area contributed by atoms with E-state index in [9.17, 15) is 4.79 Å². The highest BCUT2D eigenvalue weighted by Crippen LogP contribution is 2.23. The van der Waals surface area contributed by atoms with Gasteiger partial charge in [0.25, 0.3) is 5.56 Å². The molecule has 1 aliphatic rings. The summed E-state index contributed by atoms with van der Waals surface area (Å²) in [5, 5.41) is 12.7. The summed E-state index contributed by atoms with van der Waals surface area (Å²) in [7, 11) is 0. The molecule has 1 unspecified atom stereocenters. The third-order valence-electron chi connectivity index (χ3n) is 5.56. The van der Waals surface area contributed by atoms with Crippen molar-refractivity contribution in [2.75, 3.05) is 18.0 Å². The second-order valence-electron chi connectivity index (χ2n) is 7.66. The maximum Gasteiger partial charge on any atom is 0.293 e. The average Bonchev–Trinajstić information content (AvgIpc) is 3.36. The van der Waals surface area contributed by atoms with E-state index in [1.807, 2.05) is 33.4 Å². The van der Waals surface area contributed by atoms with Crippen LogP contribution in [0, 0.1) is 11.8 Å². The van der Waals surface area contributed by atoms with Gasteiger partial charge >= 0.3 is 0 Å². The van der Waals surface area contributed by atoms with Crippen LogP contribution < -0.4 is 16.2 Å². The molecule has 0 aliphatic carbocycles. The molecule has 2 N–H and O–H groups in total. The van der Waals surface area contributed by atoms with Crippen LogP contribution in [-0.4, -0.2) is 53.1 Å². The molecule has 5 rings (SSSR count). The topological polar surface area (TPSA) is 112 Å². The molecule has 0 saturated carbocycles. The van der Waals surface area contributed by atoms with Gasteiger partial charge in [0.1, 0.15) is 17.6 Å². The van der Waals surface area contributed by atoms with E-state index in [2.05, 4.69) is 32.0 Å². The molecule has 1 fully saturated rings. The van der Waals surface area contributed by atoms with Crippen molar-refractivity contribution >= 4 is 22.6 Å². The first kappa shape index (κ1) is 19.3. The molecule has 5 heterocycles. The van der Waals surface area contributed by atoms with Gasteiger partial charge in [-0.05, 0) is 31.9 Å². The molecule has 0 spiro atoms. The second-order valence-corrected chi connectivity index (χ2v) is 7.66. The van der Waals surface area contributed by atoms with Crippen molar-refractivity contribution in [3.8, 4) is 11.8 Å². The molecule has 1 atom stereocenters. The molecule has 0 radical (unpaired) electrons. The molecule has 158 valence electrons. The maximum atomic E-state index is 13.4. The normalized spacial score (nSPS) is 16.6. The van der Waals surface area contributed by atoms with Gasteiger partial charge in [-0.2, -0.15) is 5.10 Å². The van der Waals surface area contributed by atoms with Gasteiger partial charge in [0.05, 0.1) is 12.7 Å². The fraction of sp³-hybridized carbons (Fsp3) is 0.381. The van der Waals surface area contributed by atoms with Crippen LogP contribution in [0.2, 0.25) is 0 Å². The summed E-state index contributed by atoms with van der Waals surface area (Å²) in [6.45, 7) is 3.92. The lowest BCUT2D eigenvalue weighted by molar-refractivity contribution is 0.496. The number of aromatic nitrogens is 7. The minimum Gasteiger partial charge on any atom is -0.341 e. The fourth-order valence-corrected chi connectivity index (χ4v) is 4.06. The zero-order valence-electron chi connectivity index (χ0n) is 17.3. The van der Waals surface area contributed by atoms with E-state index in [4.69, 9.17) is 10.7 Å². The number of rotatable bonds is 4. The quantitative estimate of drug-likeness (QED) is 0.485. The smallest absolute Gasteiger partial charge is 0.293 e. The summed E-state index contributed by atoms with van der Waals surface area (Å²) in [6, 6.07) is 5.75. The lowest BCUT2D eigenvalue weighted by Crippen LogP contribution is -2.44. The third-order valence-corrected chi connectivity index (χ3v) is 5.56. The van der Waals surface area contributed by atoms with E-state index in [0.29, 0.717) is 29.9 Å². The lowest BCUT2D eigenvalue weighted by atomic mass is 10.1. The van der Waals surface area contributed by atoms with Crippen molar-refractivity contribution in [2.24, 2.45) is 5.73 Å². The van der Waals surface area contributed by atoms with Crippen LogP contribution in [0.4, 0.5) is 5.95 Å². The molecule has 0 aromatic carbocycles. The van der Waals surface area contributed by atoms with Crippen molar-refractivity contribution in [3.63, 3.8) is 0 Å². The monoisotopic (exact) mass is 417 g/mol. The molecular weight excluding hydrogens is 394 g/mol. The highest BCUT2D eigenvalue weighted by Gasteiger charge is 2.24. The molecule has 4 aromatic heterocycles. The van der Waals surface area contributed by atoms with Gasteiger partial charge in [-0.25, -0.2) is 9.67 Å². The molecule has 10 heteroatoms. The molecule has 1 aliphatic heterocycles. The van der Waals surface area contributed by atoms with Crippen LogP contribution >= 0.6 is 0 Å². The molecule has 0 bridgehead atoms. The van der Waals surface area contributed by atoms with Gasteiger partial charge in [0.2, 0.25) is 5.95 Å². The Balaban J connectivity index is 1.61. The van der Waals surface area contributed by atoms with Crippen molar-refractivity contribution < 1.29 is 0 Å². The first-order chi connectivity index (χ1) is 15.2. The number of hydrogen-bond donors (Lipinski definition) is 1. The molecule has 1 saturated heterocycles. The van der Waals surface area contributed by atoms with Crippen molar-refractivity contribution in [1.29, 1.82) is 0 Å². The van der Waals surface area contributed by atoms with Crippen LogP contribution in [0.5, 0.6) is 0 Å². The maximum absolute atomic E-state index is 13.4. The number of imidazole rings is 1. The van der Waals surface area contributed by atoms with Crippen molar-refractivity contribution in [1.82, 2.24) is 33.9 Å². The highest BCUT2D eigenvalue weighted by atomic mass is 16.1. The van der Waals surface area contributed by atoms with Crippen molar-refractivity contribution in [2.45, 2.75) is 38.9 Å². The Morgan fingerprint density at radius 3 is 3.03 bits per heavy atom. The Hall–Kier alpha value is -3.71. The van der Waals surface area contributed by atoms with Crippen LogP contribution in [-0.2, 0) is 13.1 Å². The zero-order valence-corrected chi connectivity index (χ0v) is 17.3. The van der Waals surface area contributed by atoms with Crippen LogP contribution in [0.25, 0.3) is 16.7 Å². The van der Waals surface area contributed by atoms with Crippen LogP contribution in [0.1, 0.15) is 25.6 Å². The van der Waals surface area contributed by atoms with Crippen molar-refractivity contribution in [3.05, 3.63) is 46.8 Å². The van der Waals surface area contributed by atoms with Gasteiger partial charge in [0, 0.05) is 25.3 Å². The molecule has 4 aromatic rings. The second kappa shape index (κ2) is 7.85. The van der Waals surface area contributed by atoms with E-state index >= 15 is 0 Å². The minimum absolute atomic E-state index is 0.0928. The summed E-state index contributed by atoms with van der Waals surface area (Å²) in [4.78, 5) is 20.3. The molecule has 10 nitrogen and oxygen atoms in total. The van der Waals surface area contributed by atoms with Gasteiger partial charge in [0.15, 0.2) is 11.5 Å². The van der Waals surface area contributed by atoms with E-state index in [0.717, 1.165) is 31.0 Å². The third kappa shape index (κ3) is 3.43. The van der Waals surface area contributed by atoms with E-state index in [1.54, 1.807) is 13.1 Å². The predicted molar refractivity (Wildman–Crippen MR) is 117 cm³/mol. The SMILES string of the molecule is CC#CCn1c(N2CCCC(N)C2)nc2cnn(Cc3nnc4ccccn34)c(=O)c21. The first-order valence-electron chi connectivity index (χ1n) is 10.3. The Morgan fingerprint density at radius 2 is 2.19 bits per heavy atom. The largest absolute Gasteiger partial charge is 0.341 e. The Kier molecular flexibility index (Phi) is 4.88. The Bertz CT molecular complexity index is 1370. The van der Waals surface area contributed by atoms with Gasteiger partial charge in [-0.1, -0.05) is 12.0 Å².